The summed E-state index contributed by atoms with van der Waals surface area (Å²) in [4.78, 5) is 14.2. The number of halogens is 2. The zero-order chi connectivity index (χ0) is 26.5. The number of nitrogen functional groups attached to an aromatic ring is 1. The average Bonchev–Trinajstić information content (AvgIpc) is 3.31. The fourth-order valence-electron chi connectivity index (χ4n) is 4.16. The highest BCUT2D eigenvalue weighted by Crippen LogP contribution is 2.33. The first kappa shape index (κ1) is 26.7. The Bertz CT molecular complexity index is 1380. The molecule has 0 spiro atoms. The monoisotopic (exact) mass is 539 g/mol. The van der Waals surface area contributed by atoms with Gasteiger partial charge in [0.05, 0.1) is 21.1 Å². The lowest BCUT2D eigenvalue weighted by molar-refractivity contribution is 0.227. The van der Waals surface area contributed by atoms with Crippen LogP contribution in [-0.4, -0.2) is 51.7 Å². The first-order chi connectivity index (χ1) is 17.8. The molecule has 4 aromatic rings. The number of ether oxygens (including phenoxy) is 1. The Hall–Kier alpha value is -3.33. The van der Waals surface area contributed by atoms with E-state index in [1.165, 1.54) is 12.4 Å². The molecule has 5 N–H and O–H groups in total. The van der Waals surface area contributed by atoms with Crippen LogP contribution in [0.4, 0.5) is 11.4 Å². The van der Waals surface area contributed by atoms with Crippen LogP contribution in [-0.2, 0) is 0 Å². The number of imidazole rings is 1. The Balaban J connectivity index is 1.52. The molecule has 0 saturated heterocycles. The lowest BCUT2D eigenvalue weighted by Gasteiger charge is -2.18. The molecule has 0 fully saturated rings. The molecule has 8 nitrogen and oxygen atoms in total. The third-order valence-electron chi connectivity index (χ3n) is 6.27. The Labute approximate surface area is 226 Å². The van der Waals surface area contributed by atoms with Crippen LogP contribution in [0, 0.1) is 5.41 Å². The van der Waals surface area contributed by atoms with Gasteiger partial charge < -0.3 is 25.7 Å². The highest BCUT2D eigenvalue weighted by Gasteiger charge is 2.18. The number of hydrogen-bond donors (Lipinski definition) is 4. The van der Waals surface area contributed by atoms with Crippen LogP contribution in [0.1, 0.15) is 43.8 Å². The number of aromatic nitrogens is 3. The van der Waals surface area contributed by atoms with Crippen LogP contribution in [0.5, 0.6) is 5.75 Å². The lowest BCUT2D eigenvalue weighted by atomic mass is 10.1. The lowest BCUT2D eigenvalue weighted by Crippen LogP contribution is -2.28. The van der Waals surface area contributed by atoms with Crippen LogP contribution in [0.25, 0.3) is 11.0 Å². The number of anilines is 2. The van der Waals surface area contributed by atoms with Gasteiger partial charge in [-0.15, -0.1) is 0 Å². The Morgan fingerprint density at radius 1 is 1.14 bits per heavy atom. The summed E-state index contributed by atoms with van der Waals surface area (Å²) in [5.74, 6) is 0.952. The van der Waals surface area contributed by atoms with Gasteiger partial charge in [0.1, 0.15) is 17.6 Å². The van der Waals surface area contributed by atoms with Crippen molar-refractivity contribution in [3.63, 3.8) is 0 Å². The number of aromatic amines is 1. The summed E-state index contributed by atoms with van der Waals surface area (Å²) in [5.41, 5.74) is 10.6. The van der Waals surface area contributed by atoms with Crippen molar-refractivity contribution in [3.8, 4) is 5.75 Å². The Morgan fingerprint density at radius 2 is 1.86 bits per heavy atom. The molecular weight excluding hydrogens is 509 g/mol. The molecule has 0 amide bonds. The number of nitrogens with zero attached hydrogens (tertiary/aromatic N) is 3. The van der Waals surface area contributed by atoms with Gasteiger partial charge in [-0.05, 0) is 56.4 Å². The number of nitrogens with one attached hydrogen (secondary N) is 3. The molecule has 4 rings (SSSR count). The molecule has 0 radical (unpaired) electrons. The van der Waals surface area contributed by atoms with Crippen molar-refractivity contribution in [2.75, 3.05) is 37.2 Å². The molecule has 0 saturated carbocycles. The highest BCUT2D eigenvalue weighted by molar-refractivity contribution is 6.35. The molecule has 0 aliphatic carbocycles. The third-order valence-corrected chi connectivity index (χ3v) is 6.88. The van der Waals surface area contributed by atoms with Crippen LogP contribution < -0.4 is 15.8 Å². The minimum atomic E-state index is -0.437. The summed E-state index contributed by atoms with van der Waals surface area (Å²) in [5, 5.41) is 13.1. The molecule has 0 aliphatic rings. The van der Waals surface area contributed by atoms with E-state index in [4.69, 9.17) is 39.1 Å². The molecule has 2 aromatic heterocycles. The topological polar surface area (TPSA) is 116 Å². The number of likely N-dealkylation sites (N-methyl/N-ethyl adjacent to an activating group) is 1. The highest BCUT2D eigenvalue weighted by atomic mass is 35.5. The molecule has 194 valence electrons. The fourth-order valence-corrected chi connectivity index (χ4v) is 4.83. The minimum absolute atomic E-state index is 0.169. The normalized spacial score (nSPS) is 12.2. The predicted molar refractivity (Wildman–Crippen MR) is 152 cm³/mol. The van der Waals surface area contributed by atoms with Crippen molar-refractivity contribution in [2.45, 2.75) is 26.9 Å². The van der Waals surface area contributed by atoms with E-state index in [2.05, 4.69) is 39.0 Å². The van der Waals surface area contributed by atoms with E-state index in [0.29, 0.717) is 38.4 Å². The SMILES string of the molecule is CCN(CC)CCNc1ccc2nc(C(=N)c3cc(OC(C)c4c(Cl)cncc4Cl)ccc3N)[nH]c2c1. The van der Waals surface area contributed by atoms with Gasteiger partial charge in [-0.3, -0.25) is 10.4 Å². The van der Waals surface area contributed by atoms with Gasteiger partial charge in [-0.1, -0.05) is 37.0 Å². The second-order valence-electron chi connectivity index (χ2n) is 8.67. The van der Waals surface area contributed by atoms with Crippen LogP contribution in [0.15, 0.2) is 48.8 Å². The molecule has 0 aliphatic heterocycles. The van der Waals surface area contributed by atoms with Crippen molar-refractivity contribution in [2.24, 2.45) is 0 Å². The third kappa shape index (κ3) is 6.15. The van der Waals surface area contributed by atoms with Gasteiger partial charge in [0, 0.05) is 48.0 Å². The summed E-state index contributed by atoms with van der Waals surface area (Å²) >= 11 is 12.6. The number of fused-ring (bicyclic) bond motifs is 1. The van der Waals surface area contributed by atoms with E-state index in [0.717, 1.165) is 42.9 Å². The summed E-state index contributed by atoms with van der Waals surface area (Å²) in [6.07, 6.45) is 2.62. The zero-order valence-electron chi connectivity index (χ0n) is 21.1. The maximum atomic E-state index is 8.81. The number of rotatable bonds is 11. The number of pyridine rings is 1. The Kier molecular flexibility index (Phi) is 8.53. The van der Waals surface area contributed by atoms with Crippen molar-refractivity contribution >= 4 is 51.3 Å². The molecule has 1 unspecified atom stereocenters. The fraction of sp³-hybridized carbons (Fsp3) is 0.296. The smallest absolute Gasteiger partial charge is 0.157 e. The maximum absolute atomic E-state index is 8.81. The number of hydrogen-bond acceptors (Lipinski definition) is 7. The first-order valence-electron chi connectivity index (χ1n) is 12.2. The van der Waals surface area contributed by atoms with Crippen LogP contribution in [0.3, 0.4) is 0 Å². The van der Waals surface area contributed by atoms with Gasteiger partial charge in [0.25, 0.3) is 0 Å². The molecule has 37 heavy (non-hydrogen) atoms. The minimum Gasteiger partial charge on any atom is -0.486 e. The van der Waals surface area contributed by atoms with Crippen molar-refractivity contribution < 1.29 is 4.74 Å². The average molecular weight is 540 g/mol. The molecule has 10 heteroatoms. The van der Waals surface area contributed by atoms with Gasteiger partial charge >= 0.3 is 0 Å². The molecule has 2 aromatic carbocycles. The summed E-state index contributed by atoms with van der Waals surface area (Å²) in [6, 6.07) is 11.1. The molecule has 0 bridgehead atoms. The quantitative estimate of drug-likeness (QED) is 0.134. The number of benzene rings is 2. The predicted octanol–water partition coefficient (Wildman–Crippen LogP) is 6.16. The van der Waals surface area contributed by atoms with E-state index >= 15 is 0 Å². The second kappa shape index (κ2) is 11.8. The maximum Gasteiger partial charge on any atom is 0.157 e. The Morgan fingerprint density at radius 3 is 2.57 bits per heavy atom. The van der Waals surface area contributed by atoms with Gasteiger partial charge in [0.15, 0.2) is 5.82 Å². The zero-order valence-corrected chi connectivity index (χ0v) is 22.6. The van der Waals surface area contributed by atoms with Gasteiger partial charge in [0.2, 0.25) is 0 Å². The molecule has 2 heterocycles. The van der Waals surface area contributed by atoms with Crippen LogP contribution in [0.2, 0.25) is 10.0 Å². The summed E-state index contributed by atoms with van der Waals surface area (Å²) in [7, 11) is 0. The second-order valence-corrected chi connectivity index (χ2v) is 9.49. The first-order valence-corrected chi connectivity index (χ1v) is 13.0. The van der Waals surface area contributed by atoms with E-state index in [-0.39, 0.29) is 5.71 Å². The summed E-state index contributed by atoms with van der Waals surface area (Å²) in [6.45, 7) is 10.1. The van der Waals surface area contributed by atoms with E-state index in [1.807, 2.05) is 25.1 Å². The molecular formula is C27H31Cl2N7O. The van der Waals surface area contributed by atoms with Crippen molar-refractivity contribution in [1.29, 1.82) is 5.41 Å². The van der Waals surface area contributed by atoms with E-state index in [1.54, 1.807) is 18.2 Å². The largest absolute Gasteiger partial charge is 0.486 e. The van der Waals surface area contributed by atoms with Gasteiger partial charge in [-0.25, -0.2) is 4.98 Å². The van der Waals surface area contributed by atoms with Crippen molar-refractivity contribution in [1.82, 2.24) is 19.9 Å². The van der Waals surface area contributed by atoms with Crippen LogP contribution >= 0.6 is 23.2 Å². The van der Waals surface area contributed by atoms with E-state index < -0.39 is 6.10 Å². The van der Waals surface area contributed by atoms with Crippen molar-refractivity contribution in [3.05, 3.63) is 75.8 Å². The van der Waals surface area contributed by atoms with Gasteiger partial charge in [-0.2, -0.15) is 0 Å². The number of nitrogens with two attached hydrogens (primary N) is 1. The van der Waals surface area contributed by atoms with E-state index in [9.17, 15) is 0 Å². The summed E-state index contributed by atoms with van der Waals surface area (Å²) < 4.78 is 6.10. The number of H-pyrrole nitrogens is 1. The standard InChI is InChI=1S/C27H31Cl2N7O/c1-4-36(5-2)11-10-33-17-6-9-23-24(12-17)35-27(34-23)26(31)19-13-18(7-8-22(19)30)37-16(3)25-20(28)14-32-15-21(25)29/h6-9,12-16,31,33H,4-5,10-11,30H2,1-3H3,(H,34,35). The molecule has 1 atom stereocenters.